The number of carboxylic acid groups (broad SMARTS) is 1. The summed E-state index contributed by atoms with van der Waals surface area (Å²) in [7, 11) is 0. The van der Waals surface area contributed by atoms with Gasteiger partial charge in [0.2, 0.25) is 0 Å². The lowest BCUT2D eigenvalue weighted by Crippen LogP contribution is -2.18. The summed E-state index contributed by atoms with van der Waals surface area (Å²) in [4.78, 5) is 23.1. The molecule has 0 unspecified atom stereocenters. The first-order valence-corrected chi connectivity index (χ1v) is 9.44. The standard InChI is InChI=1S/C23H24N2O3/c24-23(28)22-19(17-10-4-1-5-11-17)16-20(18-12-6-2-7-13-18)25(22)15-9-3-8-14-21(26)27/h1-2,4-7,10-13,16H,3,8-9,14-15H2,(H2,24,28)(H,26,27). The number of aromatic nitrogens is 1. The van der Waals surface area contributed by atoms with Crippen LogP contribution in [0.4, 0.5) is 0 Å². The average molecular weight is 376 g/mol. The summed E-state index contributed by atoms with van der Waals surface area (Å²) in [6, 6.07) is 21.7. The molecule has 5 heteroatoms. The zero-order chi connectivity index (χ0) is 19.9. The predicted octanol–water partition coefficient (Wildman–Crippen LogP) is 4.57. The minimum Gasteiger partial charge on any atom is -0.481 e. The second-order valence-corrected chi connectivity index (χ2v) is 6.74. The van der Waals surface area contributed by atoms with Crippen LogP contribution >= 0.6 is 0 Å². The first kappa shape index (κ1) is 19.4. The summed E-state index contributed by atoms with van der Waals surface area (Å²) in [6.07, 6.45) is 2.33. The Kier molecular flexibility index (Phi) is 6.27. The molecule has 0 aliphatic carbocycles. The molecule has 2 aromatic carbocycles. The molecule has 5 nitrogen and oxygen atoms in total. The van der Waals surface area contributed by atoms with Crippen molar-refractivity contribution in [2.75, 3.05) is 0 Å². The van der Waals surface area contributed by atoms with Gasteiger partial charge < -0.3 is 15.4 Å². The Labute approximate surface area is 164 Å². The van der Waals surface area contributed by atoms with Crippen LogP contribution in [0.5, 0.6) is 0 Å². The fourth-order valence-electron chi connectivity index (χ4n) is 3.46. The van der Waals surface area contributed by atoms with Crippen molar-refractivity contribution in [1.82, 2.24) is 4.57 Å². The van der Waals surface area contributed by atoms with E-state index in [2.05, 4.69) is 0 Å². The van der Waals surface area contributed by atoms with E-state index in [-0.39, 0.29) is 6.42 Å². The number of hydrogen-bond donors (Lipinski definition) is 2. The highest BCUT2D eigenvalue weighted by molar-refractivity contribution is 6.00. The molecule has 0 aliphatic rings. The van der Waals surface area contributed by atoms with Gasteiger partial charge in [-0.1, -0.05) is 67.1 Å². The smallest absolute Gasteiger partial charge is 0.303 e. The maximum absolute atomic E-state index is 12.4. The number of carbonyl (C=O) groups excluding carboxylic acids is 1. The van der Waals surface area contributed by atoms with E-state index >= 15 is 0 Å². The first-order valence-electron chi connectivity index (χ1n) is 9.44. The number of hydrogen-bond acceptors (Lipinski definition) is 2. The SMILES string of the molecule is NC(=O)c1c(-c2ccccc2)cc(-c2ccccc2)n1CCCCCC(=O)O. The molecule has 1 amide bonds. The third kappa shape index (κ3) is 4.49. The van der Waals surface area contributed by atoms with Crippen molar-refractivity contribution < 1.29 is 14.7 Å². The highest BCUT2D eigenvalue weighted by Crippen LogP contribution is 2.33. The number of carbonyl (C=O) groups is 2. The van der Waals surface area contributed by atoms with Crippen LogP contribution < -0.4 is 5.73 Å². The van der Waals surface area contributed by atoms with Crippen LogP contribution in [0, 0.1) is 0 Å². The van der Waals surface area contributed by atoms with E-state index in [1.807, 2.05) is 71.3 Å². The summed E-state index contributed by atoms with van der Waals surface area (Å²) in [6.45, 7) is 0.606. The quantitative estimate of drug-likeness (QED) is 0.537. The van der Waals surface area contributed by atoms with Crippen LogP contribution in [0.1, 0.15) is 36.2 Å². The molecule has 28 heavy (non-hydrogen) atoms. The van der Waals surface area contributed by atoms with Gasteiger partial charge in [0.25, 0.3) is 5.91 Å². The van der Waals surface area contributed by atoms with E-state index in [1.165, 1.54) is 0 Å². The minimum atomic E-state index is -0.782. The number of amides is 1. The maximum Gasteiger partial charge on any atom is 0.303 e. The van der Waals surface area contributed by atoms with Gasteiger partial charge in [0, 0.05) is 24.2 Å². The molecule has 144 valence electrons. The largest absolute Gasteiger partial charge is 0.481 e. The van der Waals surface area contributed by atoms with Crippen LogP contribution in [0.2, 0.25) is 0 Å². The van der Waals surface area contributed by atoms with Crippen molar-refractivity contribution in [3.63, 3.8) is 0 Å². The van der Waals surface area contributed by atoms with Crippen molar-refractivity contribution in [1.29, 1.82) is 0 Å². The Hall–Kier alpha value is -3.34. The summed E-state index contributed by atoms with van der Waals surface area (Å²) < 4.78 is 1.97. The van der Waals surface area contributed by atoms with Gasteiger partial charge in [0.05, 0.1) is 0 Å². The van der Waals surface area contributed by atoms with Crippen molar-refractivity contribution in [2.24, 2.45) is 5.73 Å². The number of benzene rings is 2. The number of nitrogens with two attached hydrogens (primary N) is 1. The van der Waals surface area contributed by atoms with Crippen LogP contribution in [0.25, 0.3) is 22.4 Å². The van der Waals surface area contributed by atoms with Crippen LogP contribution in [0.3, 0.4) is 0 Å². The number of carboxylic acids is 1. The molecule has 0 aliphatic heterocycles. The Morgan fingerprint density at radius 1 is 0.857 bits per heavy atom. The summed E-state index contributed by atoms with van der Waals surface area (Å²) in [5.41, 5.74) is 9.97. The fraction of sp³-hybridized carbons (Fsp3) is 0.217. The summed E-state index contributed by atoms with van der Waals surface area (Å²) in [5.74, 6) is -1.25. The van der Waals surface area contributed by atoms with E-state index in [9.17, 15) is 9.59 Å². The molecule has 0 bridgehead atoms. The minimum absolute atomic E-state index is 0.162. The first-order chi connectivity index (χ1) is 13.6. The summed E-state index contributed by atoms with van der Waals surface area (Å²) >= 11 is 0. The van der Waals surface area contributed by atoms with E-state index in [1.54, 1.807) is 0 Å². The molecular formula is C23H24N2O3. The third-order valence-electron chi connectivity index (χ3n) is 4.76. The van der Waals surface area contributed by atoms with Crippen molar-refractivity contribution in [2.45, 2.75) is 32.2 Å². The Morgan fingerprint density at radius 3 is 2.04 bits per heavy atom. The fourth-order valence-corrected chi connectivity index (χ4v) is 3.46. The zero-order valence-electron chi connectivity index (χ0n) is 15.7. The lowest BCUT2D eigenvalue weighted by Gasteiger charge is -2.13. The number of rotatable bonds is 9. The van der Waals surface area contributed by atoms with Gasteiger partial charge in [-0.3, -0.25) is 9.59 Å². The topological polar surface area (TPSA) is 85.3 Å². The van der Waals surface area contributed by atoms with Crippen molar-refractivity contribution in [3.05, 3.63) is 72.4 Å². The average Bonchev–Trinajstić information content (AvgIpc) is 3.08. The molecule has 0 saturated carbocycles. The highest BCUT2D eigenvalue weighted by atomic mass is 16.4. The van der Waals surface area contributed by atoms with Crippen LogP contribution in [-0.2, 0) is 11.3 Å². The van der Waals surface area contributed by atoms with Gasteiger partial charge in [-0.15, -0.1) is 0 Å². The van der Waals surface area contributed by atoms with Gasteiger partial charge in [0.15, 0.2) is 0 Å². The molecule has 0 spiro atoms. The third-order valence-corrected chi connectivity index (χ3v) is 4.76. The number of aliphatic carboxylic acids is 1. The van der Waals surface area contributed by atoms with E-state index in [4.69, 9.17) is 10.8 Å². The van der Waals surface area contributed by atoms with E-state index in [0.717, 1.165) is 35.2 Å². The number of primary amides is 1. The monoisotopic (exact) mass is 376 g/mol. The molecular weight excluding hydrogens is 352 g/mol. The zero-order valence-corrected chi connectivity index (χ0v) is 15.7. The van der Waals surface area contributed by atoms with Gasteiger partial charge in [-0.05, 0) is 30.0 Å². The molecule has 3 N–H and O–H groups in total. The molecule has 0 radical (unpaired) electrons. The predicted molar refractivity (Wildman–Crippen MR) is 110 cm³/mol. The lowest BCUT2D eigenvalue weighted by atomic mass is 10.0. The number of unbranched alkanes of at least 4 members (excludes halogenated alkanes) is 2. The second-order valence-electron chi connectivity index (χ2n) is 6.74. The normalized spacial score (nSPS) is 10.7. The van der Waals surface area contributed by atoms with Crippen molar-refractivity contribution >= 4 is 11.9 Å². The second kappa shape index (κ2) is 9.04. The van der Waals surface area contributed by atoms with Gasteiger partial charge in [-0.25, -0.2) is 0 Å². The van der Waals surface area contributed by atoms with Gasteiger partial charge in [0.1, 0.15) is 5.69 Å². The Bertz CT molecular complexity index is 947. The Morgan fingerprint density at radius 2 is 1.46 bits per heavy atom. The number of nitrogens with zero attached hydrogens (tertiary/aromatic N) is 1. The molecule has 3 rings (SSSR count). The van der Waals surface area contributed by atoms with Gasteiger partial charge >= 0.3 is 5.97 Å². The Balaban J connectivity index is 2.00. The molecule has 0 fully saturated rings. The van der Waals surface area contributed by atoms with Crippen molar-refractivity contribution in [3.8, 4) is 22.4 Å². The molecule has 1 aromatic heterocycles. The lowest BCUT2D eigenvalue weighted by molar-refractivity contribution is -0.137. The van der Waals surface area contributed by atoms with Crippen LogP contribution in [0.15, 0.2) is 66.7 Å². The van der Waals surface area contributed by atoms with E-state index in [0.29, 0.717) is 18.7 Å². The molecule has 0 saturated heterocycles. The molecule has 0 atom stereocenters. The van der Waals surface area contributed by atoms with E-state index < -0.39 is 11.9 Å². The molecule has 1 heterocycles. The van der Waals surface area contributed by atoms with Gasteiger partial charge in [-0.2, -0.15) is 0 Å². The molecule has 3 aromatic rings. The summed E-state index contributed by atoms with van der Waals surface area (Å²) in [5, 5.41) is 8.80. The maximum atomic E-state index is 12.4. The van der Waals surface area contributed by atoms with Crippen LogP contribution in [-0.4, -0.2) is 21.6 Å². The highest BCUT2D eigenvalue weighted by Gasteiger charge is 2.21.